The Morgan fingerprint density at radius 2 is 1.97 bits per heavy atom. The first-order chi connectivity index (χ1) is 16.3. The molecule has 0 aromatic carbocycles. The Morgan fingerprint density at radius 1 is 1.24 bits per heavy atom. The third-order valence-electron chi connectivity index (χ3n) is 7.88. The number of piperidine rings is 2. The molecule has 2 amide bonds. The van der Waals surface area contributed by atoms with Gasteiger partial charge in [-0.15, -0.1) is 0 Å². The fraction of sp³-hybridized carbons (Fsp3) is 0.696. The molecule has 1 aromatic rings. The maximum absolute atomic E-state index is 13.6. The molecule has 5 rings (SSSR count). The number of carbonyl (C=O) groups excluding carboxylic acids is 2. The Bertz CT molecular complexity index is 1050. The normalized spacial score (nSPS) is 28.7. The molecule has 11 heteroatoms. The van der Waals surface area contributed by atoms with E-state index in [-0.39, 0.29) is 41.7 Å². The van der Waals surface area contributed by atoms with E-state index in [4.69, 9.17) is 5.73 Å². The van der Waals surface area contributed by atoms with Crippen LogP contribution in [0.5, 0.6) is 0 Å². The van der Waals surface area contributed by atoms with Crippen LogP contribution in [-0.2, 0) is 11.3 Å². The number of nitrogen functional groups attached to an aromatic ring is 1. The van der Waals surface area contributed by atoms with Gasteiger partial charge in [0.1, 0.15) is 11.0 Å². The molecule has 4 aliphatic rings. The first-order valence-electron chi connectivity index (χ1n) is 12.1. The smallest absolute Gasteiger partial charge is 0.259 e. The van der Waals surface area contributed by atoms with Crippen molar-refractivity contribution in [2.45, 2.75) is 50.9 Å². The zero-order valence-corrected chi connectivity index (χ0v) is 19.4. The lowest BCUT2D eigenvalue weighted by molar-refractivity contribution is -0.136. The third kappa shape index (κ3) is 4.04. The van der Waals surface area contributed by atoms with Gasteiger partial charge in [0.05, 0.1) is 12.6 Å². The minimum atomic E-state index is -1.25. The van der Waals surface area contributed by atoms with E-state index in [1.54, 1.807) is 0 Å². The Hall–Kier alpha value is -3.00. The molecular formula is C23H31FN8O2. The molecule has 3 atom stereocenters. The molecule has 4 heterocycles. The molecular weight excluding hydrogens is 439 g/mol. The van der Waals surface area contributed by atoms with Crippen molar-refractivity contribution >= 4 is 29.7 Å². The third-order valence-corrected chi connectivity index (χ3v) is 7.88. The minimum Gasteiger partial charge on any atom is -0.381 e. The Kier molecular flexibility index (Phi) is 5.80. The number of hydrogen-bond donors (Lipinski definition) is 2. The van der Waals surface area contributed by atoms with E-state index in [0.29, 0.717) is 44.2 Å². The summed E-state index contributed by atoms with van der Waals surface area (Å²) in [6.07, 6.45) is 3.94. The summed E-state index contributed by atoms with van der Waals surface area (Å²) in [7, 11) is 2.04. The SMILES string of the molecule is CN1CCC(C2CCN(C(=O)C3(C#N)CC3)CC2)C(NC(=O)c2c(N)nn3c2N=CC(F)C3)C1. The molecule has 182 valence electrons. The lowest BCUT2D eigenvalue weighted by Crippen LogP contribution is -2.55. The highest BCUT2D eigenvalue weighted by Gasteiger charge is 2.53. The van der Waals surface area contributed by atoms with Crippen LogP contribution in [-0.4, -0.2) is 83.0 Å². The Balaban J connectivity index is 1.27. The first-order valence-corrected chi connectivity index (χ1v) is 12.1. The van der Waals surface area contributed by atoms with Crippen molar-refractivity contribution in [2.24, 2.45) is 22.2 Å². The summed E-state index contributed by atoms with van der Waals surface area (Å²) in [5, 5.41) is 16.6. The summed E-state index contributed by atoms with van der Waals surface area (Å²) in [4.78, 5) is 34.1. The van der Waals surface area contributed by atoms with Gasteiger partial charge in [-0.25, -0.2) is 14.1 Å². The van der Waals surface area contributed by atoms with E-state index < -0.39 is 11.6 Å². The van der Waals surface area contributed by atoms with E-state index in [9.17, 15) is 19.2 Å². The number of likely N-dealkylation sites (N-methyl/N-ethyl adjacent to an activating group) is 1. The second kappa shape index (κ2) is 8.65. The molecule has 34 heavy (non-hydrogen) atoms. The number of anilines is 1. The standard InChI is InChI=1S/C23H31FN8O2/c1-30-7-4-16(14-2-8-31(9-3-14)22(34)23(13-25)5-6-23)17(12-30)28-21(33)18-19(26)29-32-11-15(24)10-27-20(18)32/h10,14-17H,2-9,11-12H2,1H3,(H2,26,29)(H,28,33). The van der Waals surface area contributed by atoms with E-state index in [2.05, 4.69) is 26.4 Å². The predicted molar refractivity (Wildman–Crippen MR) is 123 cm³/mol. The van der Waals surface area contributed by atoms with Crippen LogP contribution in [0, 0.1) is 28.6 Å². The number of nitriles is 1. The fourth-order valence-electron chi connectivity index (χ4n) is 5.73. The highest BCUT2D eigenvalue weighted by atomic mass is 19.1. The Morgan fingerprint density at radius 3 is 2.65 bits per heavy atom. The maximum atomic E-state index is 13.6. The van der Waals surface area contributed by atoms with Crippen LogP contribution in [0.2, 0.25) is 0 Å². The molecule has 3 unspecified atom stereocenters. The number of nitrogens with one attached hydrogen (secondary N) is 1. The number of nitrogens with two attached hydrogens (primary N) is 1. The number of carbonyl (C=O) groups is 2. The quantitative estimate of drug-likeness (QED) is 0.677. The minimum absolute atomic E-state index is 0.00448. The number of aromatic nitrogens is 2. The summed E-state index contributed by atoms with van der Waals surface area (Å²) >= 11 is 0. The van der Waals surface area contributed by atoms with Gasteiger partial charge >= 0.3 is 0 Å². The highest BCUT2D eigenvalue weighted by Crippen LogP contribution is 2.47. The fourth-order valence-corrected chi connectivity index (χ4v) is 5.73. The lowest BCUT2D eigenvalue weighted by Gasteiger charge is -2.44. The van der Waals surface area contributed by atoms with Crippen LogP contribution in [0.4, 0.5) is 16.0 Å². The van der Waals surface area contributed by atoms with Crippen LogP contribution >= 0.6 is 0 Å². The van der Waals surface area contributed by atoms with E-state index >= 15 is 0 Å². The second-order valence-electron chi connectivity index (χ2n) is 10.2. The van der Waals surface area contributed by atoms with Gasteiger partial charge in [0, 0.05) is 31.9 Å². The summed E-state index contributed by atoms with van der Waals surface area (Å²) in [5.41, 5.74) is 5.44. The average Bonchev–Trinajstić information content (AvgIpc) is 3.55. The predicted octanol–water partition coefficient (Wildman–Crippen LogP) is 1.11. The van der Waals surface area contributed by atoms with E-state index in [1.165, 1.54) is 10.9 Å². The van der Waals surface area contributed by atoms with Crippen molar-refractivity contribution < 1.29 is 14.0 Å². The number of amides is 2. The average molecular weight is 471 g/mol. The summed E-state index contributed by atoms with van der Waals surface area (Å²) < 4.78 is 15.0. The number of likely N-dealkylation sites (tertiary alicyclic amines) is 2. The van der Waals surface area contributed by atoms with Gasteiger partial charge < -0.3 is 20.9 Å². The maximum Gasteiger partial charge on any atom is 0.259 e. The van der Waals surface area contributed by atoms with Crippen LogP contribution in [0.3, 0.4) is 0 Å². The molecule has 1 aliphatic carbocycles. The molecule has 10 nitrogen and oxygen atoms in total. The van der Waals surface area contributed by atoms with Crippen LogP contribution in [0.15, 0.2) is 4.99 Å². The molecule has 1 aromatic heterocycles. The van der Waals surface area contributed by atoms with Gasteiger partial charge in [0.25, 0.3) is 5.91 Å². The molecule has 2 saturated heterocycles. The number of hydrogen-bond acceptors (Lipinski definition) is 7. The monoisotopic (exact) mass is 470 g/mol. The summed E-state index contributed by atoms with van der Waals surface area (Å²) in [5.74, 6) is 0.648. The van der Waals surface area contributed by atoms with Gasteiger partial charge in [-0.1, -0.05) is 0 Å². The number of nitrogens with zero attached hydrogens (tertiary/aromatic N) is 6. The topological polar surface area (TPSA) is 133 Å². The van der Waals surface area contributed by atoms with Crippen LogP contribution < -0.4 is 11.1 Å². The number of rotatable bonds is 4. The highest BCUT2D eigenvalue weighted by molar-refractivity contribution is 6.03. The van der Waals surface area contributed by atoms with E-state index in [1.807, 2.05) is 11.9 Å². The van der Waals surface area contributed by atoms with Gasteiger partial charge in [0.15, 0.2) is 17.8 Å². The number of alkyl halides is 1. The van der Waals surface area contributed by atoms with Crippen molar-refractivity contribution in [3.05, 3.63) is 5.56 Å². The molecule has 3 N–H and O–H groups in total. The molecule has 0 spiro atoms. The van der Waals surface area contributed by atoms with Crippen molar-refractivity contribution in [1.29, 1.82) is 5.26 Å². The largest absolute Gasteiger partial charge is 0.381 e. The zero-order chi connectivity index (χ0) is 24.0. The van der Waals surface area contributed by atoms with Crippen molar-refractivity contribution in [3.8, 4) is 6.07 Å². The van der Waals surface area contributed by atoms with Gasteiger partial charge in [-0.2, -0.15) is 10.4 Å². The van der Waals surface area contributed by atoms with Gasteiger partial charge in [-0.05, 0) is 57.5 Å². The molecule has 1 saturated carbocycles. The molecule has 0 bridgehead atoms. The van der Waals surface area contributed by atoms with Gasteiger partial charge in [0.2, 0.25) is 5.91 Å². The molecule has 3 aliphatic heterocycles. The zero-order valence-electron chi connectivity index (χ0n) is 19.4. The molecule has 3 fully saturated rings. The van der Waals surface area contributed by atoms with Gasteiger partial charge in [-0.3, -0.25) is 9.59 Å². The van der Waals surface area contributed by atoms with Crippen molar-refractivity contribution in [1.82, 2.24) is 24.9 Å². The Labute approximate surface area is 198 Å². The van der Waals surface area contributed by atoms with Crippen molar-refractivity contribution in [2.75, 3.05) is 39.0 Å². The summed E-state index contributed by atoms with van der Waals surface area (Å²) in [6.45, 7) is 2.97. The number of halogens is 1. The summed E-state index contributed by atoms with van der Waals surface area (Å²) in [6, 6.07) is 2.13. The second-order valence-corrected chi connectivity index (χ2v) is 10.2. The van der Waals surface area contributed by atoms with Crippen molar-refractivity contribution in [3.63, 3.8) is 0 Å². The number of fused-ring (bicyclic) bond motifs is 1. The number of aliphatic imine (C=N–C) groups is 1. The first kappa shape index (κ1) is 22.8. The van der Waals surface area contributed by atoms with Crippen LogP contribution in [0.25, 0.3) is 0 Å². The van der Waals surface area contributed by atoms with E-state index in [0.717, 1.165) is 25.8 Å². The molecule has 0 radical (unpaired) electrons. The lowest BCUT2D eigenvalue weighted by atomic mass is 9.76. The van der Waals surface area contributed by atoms with Crippen LogP contribution in [0.1, 0.15) is 42.5 Å².